The lowest BCUT2D eigenvalue weighted by molar-refractivity contribution is -0.126. The van der Waals surface area contributed by atoms with Crippen LogP contribution < -0.4 is 15.4 Å². The van der Waals surface area contributed by atoms with E-state index in [1.165, 1.54) is 0 Å². The molecule has 0 bridgehead atoms. The molecule has 0 spiro atoms. The molecule has 4 nitrogen and oxygen atoms in total. The Morgan fingerprint density at radius 1 is 1.50 bits per heavy atom. The van der Waals surface area contributed by atoms with Gasteiger partial charge in [0, 0.05) is 25.2 Å². The van der Waals surface area contributed by atoms with Gasteiger partial charge < -0.3 is 15.4 Å². The Labute approximate surface area is 95.0 Å². The van der Waals surface area contributed by atoms with Crippen molar-refractivity contribution in [3.63, 3.8) is 0 Å². The molecular formula is C12H16N2O2. The van der Waals surface area contributed by atoms with E-state index in [4.69, 9.17) is 4.74 Å². The molecule has 2 N–H and O–H groups in total. The smallest absolute Gasteiger partial charge is 0.225 e. The van der Waals surface area contributed by atoms with Gasteiger partial charge in [-0.25, -0.2) is 0 Å². The molecule has 86 valence electrons. The van der Waals surface area contributed by atoms with Crippen LogP contribution in [0.3, 0.4) is 0 Å². The van der Waals surface area contributed by atoms with Crippen LogP contribution in [-0.4, -0.2) is 26.1 Å². The molecule has 16 heavy (non-hydrogen) atoms. The van der Waals surface area contributed by atoms with Crippen LogP contribution in [0.15, 0.2) is 24.3 Å². The Morgan fingerprint density at radius 3 is 2.88 bits per heavy atom. The fourth-order valence-corrected chi connectivity index (χ4v) is 1.65. The average molecular weight is 220 g/mol. The van der Waals surface area contributed by atoms with Gasteiger partial charge >= 0.3 is 0 Å². The fraction of sp³-hybridized carbons (Fsp3) is 0.417. The quantitative estimate of drug-likeness (QED) is 0.778. The zero-order valence-electron chi connectivity index (χ0n) is 9.32. The second kappa shape index (κ2) is 4.99. The maximum Gasteiger partial charge on any atom is 0.225 e. The highest BCUT2D eigenvalue weighted by molar-refractivity contribution is 5.80. The molecule has 0 radical (unpaired) electrons. The van der Waals surface area contributed by atoms with Gasteiger partial charge in [0.2, 0.25) is 5.91 Å². The summed E-state index contributed by atoms with van der Waals surface area (Å²) in [7, 11) is 1.64. The first-order valence-corrected chi connectivity index (χ1v) is 5.41. The Kier molecular flexibility index (Phi) is 3.41. The van der Waals surface area contributed by atoms with Gasteiger partial charge in [0.15, 0.2) is 0 Å². The summed E-state index contributed by atoms with van der Waals surface area (Å²) < 4.78 is 5.21. The van der Waals surface area contributed by atoms with Crippen LogP contribution in [0, 0.1) is 5.92 Å². The minimum Gasteiger partial charge on any atom is -0.496 e. The molecule has 0 aliphatic carbocycles. The second-order valence-electron chi connectivity index (χ2n) is 3.88. The van der Waals surface area contributed by atoms with Crippen LogP contribution in [0.2, 0.25) is 0 Å². The van der Waals surface area contributed by atoms with Gasteiger partial charge in [-0.2, -0.15) is 0 Å². The van der Waals surface area contributed by atoms with Crippen molar-refractivity contribution in [3.05, 3.63) is 29.8 Å². The Hall–Kier alpha value is -1.55. The summed E-state index contributed by atoms with van der Waals surface area (Å²) in [6, 6.07) is 7.71. The normalized spacial score (nSPS) is 15.3. The van der Waals surface area contributed by atoms with Crippen molar-refractivity contribution >= 4 is 5.91 Å². The number of hydrogen-bond donors (Lipinski definition) is 2. The first-order valence-electron chi connectivity index (χ1n) is 5.41. The van der Waals surface area contributed by atoms with Gasteiger partial charge in [-0.05, 0) is 6.07 Å². The summed E-state index contributed by atoms with van der Waals surface area (Å²) in [4.78, 5) is 11.6. The zero-order chi connectivity index (χ0) is 11.4. The number of carbonyl (C=O) groups excluding carboxylic acids is 1. The van der Waals surface area contributed by atoms with Gasteiger partial charge in [-0.1, -0.05) is 18.2 Å². The fourth-order valence-electron chi connectivity index (χ4n) is 1.65. The molecular weight excluding hydrogens is 204 g/mol. The van der Waals surface area contributed by atoms with E-state index < -0.39 is 0 Å². The maximum absolute atomic E-state index is 11.6. The molecule has 1 aromatic rings. The largest absolute Gasteiger partial charge is 0.496 e. The van der Waals surface area contributed by atoms with Crippen molar-refractivity contribution < 1.29 is 9.53 Å². The highest BCUT2D eigenvalue weighted by atomic mass is 16.5. The molecule has 1 heterocycles. The number of hydrogen-bond acceptors (Lipinski definition) is 3. The van der Waals surface area contributed by atoms with Gasteiger partial charge in [0.05, 0.1) is 13.0 Å². The Morgan fingerprint density at radius 2 is 2.25 bits per heavy atom. The van der Waals surface area contributed by atoms with Crippen LogP contribution in [0.1, 0.15) is 5.56 Å². The SMILES string of the molecule is COc1ccccc1CNC(=O)C1CNC1. The molecule has 0 unspecified atom stereocenters. The monoisotopic (exact) mass is 220 g/mol. The number of para-hydroxylation sites is 1. The minimum absolute atomic E-state index is 0.115. The van der Waals surface area contributed by atoms with Gasteiger partial charge in [0.25, 0.3) is 0 Å². The Balaban J connectivity index is 1.90. The first kappa shape index (κ1) is 11.0. The molecule has 1 aliphatic rings. The van der Waals surface area contributed by atoms with Crippen LogP contribution in [0.25, 0.3) is 0 Å². The molecule has 2 rings (SSSR count). The number of nitrogens with one attached hydrogen (secondary N) is 2. The van der Waals surface area contributed by atoms with E-state index in [0.717, 1.165) is 24.4 Å². The van der Waals surface area contributed by atoms with Crippen molar-refractivity contribution in [2.45, 2.75) is 6.54 Å². The van der Waals surface area contributed by atoms with Crippen LogP contribution in [-0.2, 0) is 11.3 Å². The number of ether oxygens (including phenoxy) is 1. The van der Waals surface area contributed by atoms with E-state index in [1.807, 2.05) is 24.3 Å². The summed E-state index contributed by atoms with van der Waals surface area (Å²) in [5.41, 5.74) is 1.01. The van der Waals surface area contributed by atoms with Crippen LogP contribution in [0.4, 0.5) is 0 Å². The maximum atomic E-state index is 11.6. The second-order valence-corrected chi connectivity index (χ2v) is 3.88. The first-order chi connectivity index (χ1) is 7.81. The van der Waals surface area contributed by atoms with E-state index in [1.54, 1.807) is 7.11 Å². The predicted octanol–water partition coefficient (Wildman–Crippen LogP) is 0.531. The van der Waals surface area contributed by atoms with Crippen LogP contribution in [0.5, 0.6) is 5.75 Å². The van der Waals surface area contributed by atoms with Crippen molar-refractivity contribution in [1.82, 2.24) is 10.6 Å². The lowest BCUT2D eigenvalue weighted by Crippen LogP contribution is -2.50. The summed E-state index contributed by atoms with van der Waals surface area (Å²) in [6.45, 7) is 2.11. The number of rotatable bonds is 4. The number of amides is 1. The molecule has 1 saturated heterocycles. The molecule has 1 aromatic carbocycles. The number of benzene rings is 1. The summed E-state index contributed by atoms with van der Waals surface area (Å²) >= 11 is 0. The summed E-state index contributed by atoms with van der Waals surface area (Å²) in [6.07, 6.45) is 0. The van der Waals surface area contributed by atoms with E-state index in [-0.39, 0.29) is 11.8 Å². The predicted molar refractivity (Wildman–Crippen MR) is 61.2 cm³/mol. The lowest BCUT2D eigenvalue weighted by Gasteiger charge is -2.25. The highest BCUT2D eigenvalue weighted by Gasteiger charge is 2.24. The lowest BCUT2D eigenvalue weighted by atomic mass is 10.0. The summed E-state index contributed by atoms with van der Waals surface area (Å²) in [5, 5.41) is 5.99. The van der Waals surface area contributed by atoms with Crippen LogP contribution >= 0.6 is 0 Å². The van der Waals surface area contributed by atoms with Gasteiger partial charge in [-0.15, -0.1) is 0 Å². The molecule has 1 fully saturated rings. The third-order valence-electron chi connectivity index (χ3n) is 2.80. The zero-order valence-corrected chi connectivity index (χ0v) is 9.32. The van der Waals surface area contributed by atoms with E-state index >= 15 is 0 Å². The average Bonchev–Trinajstić information content (AvgIpc) is 2.24. The van der Waals surface area contributed by atoms with Crippen molar-refractivity contribution in [3.8, 4) is 5.75 Å². The topological polar surface area (TPSA) is 50.4 Å². The standard InChI is InChI=1S/C12H16N2O2/c1-16-11-5-3-2-4-9(11)8-14-12(15)10-6-13-7-10/h2-5,10,13H,6-8H2,1H3,(H,14,15). The molecule has 1 amide bonds. The third-order valence-corrected chi connectivity index (χ3v) is 2.80. The van der Waals surface area contributed by atoms with E-state index in [0.29, 0.717) is 6.54 Å². The molecule has 0 atom stereocenters. The molecule has 0 saturated carbocycles. The van der Waals surface area contributed by atoms with E-state index in [2.05, 4.69) is 10.6 Å². The van der Waals surface area contributed by atoms with Crippen molar-refractivity contribution in [2.24, 2.45) is 5.92 Å². The third kappa shape index (κ3) is 2.33. The van der Waals surface area contributed by atoms with Gasteiger partial charge in [0.1, 0.15) is 5.75 Å². The molecule has 4 heteroatoms. The molecule has 0 aromatic heterocycles. The van der Waals surface area contributed by atoms with Crippen molar-refractivity contribution in [2.75, 3.05) is 20.2 Å². The Bertz CT molecular complexity index is 375. The highest BCUT2D eigenvalue weighted by Crippen LogP contribution is 2.16. The molecule has 1 aliphatic heterocycles. The number of methoxy groups -OCH3 is 1. The number of carbonyl (C=O) groups is 1. The minimum atomic E-state index is 0.115. The van der Waals surface area contributed by atoms with Gasteiger partial charge in [-0.3, -0.25) is 4.79 Å². The summed E-state index contributed by atoms with van der Waals surface area (Å²) in [5.74, 6) is 1.06. The van der Waals surface area contributed by atoms with Crippen molar-refractivity contribution in [1.29, 1.82) is 0 Å². The van der Waals surface area contributed by atoms with E-state index in [9.17, 15) is 4.79 Å².